The molecular weight excluding hydrogens is 188 g/mol. The molecule has 1 aliphatic heterocycles. The molecule has 2 fully saturated rings. The Morgan fingerprint density at radius 2 is 2.20 bits per heavy atom. The predicted molar refractivity (Wildman–Crippen MR) is 61.9 cm³/mol. The molecule has 88 valence electrons. The van der Waals surface area contributed by atoms with Crippen molar-refractivity contribution in [1.82, 2.24) is 10.2 Å². The van der Waals surface area contributed by atoms with Crippen LogP contribution in [0.2, 0.25) is 0 Å². The van der Waals surface area contributed by atoms with Crippen LogP contribution in [0.5, 0.6) is 0 Å². The summed E-state index contributed by atoms with van der Waals surface area (Å²) >= 11 is 0. The maximum absolute atomic E-state index is 9.56. The molecule has 2 aliphatic rings. The fourth-order valence-corrected chi connectivity index (χ4v) is 2.41. The summed E-state index contributed by atoms with van der Waals surface area (Å²) in [5.41, 5.74) is -0.00708. The van der Waals surface area contributed by atoms with Gasteiger partial charge in [0.15, 0.2) is 0 Å². The van der Waals surface area contributed by atoms with E-state index < -0.39 is 0 Å². The molecule has 1 heterocycles. The van der Waals surface area contributed by atoms with Crippen molar-refractivity contribution < 1.29 is 5.11 Å². The van der Waals surface area contributed by atoms with Gasteiger partial charge in [-0.15, -0.1) is 0 Å². The van der Waals surface area contributed by atoms with E-state index in [0.29, 0.717) is 5.92 Å². The summed E-state index contributed by atoms with van der Waals surface area (Å²) in [6, 6.07) is 0.833. The lowest BCUT2D eigenvalue weighted by molar-refractivity contribution is 0.155. The molecule has 0 radical (unpaired) electrons. The van der Waals surface area contributed by atoms with Gasteiger partial charge in [0.1, 0.15) is 0 Å². The summed E-state index contributed by atoms with van der Waals surface area (Å²) in [6.45, 7) is 7.93. The Kier molecular flexibility index (Phi) is 3.33. The van der Waals surface area contributed by atoms with E-state index in [4.69, 9.17) is 0 Å². The highest BCUT2D eigenvalue weighted by Crippen LogP contribution is 2.33. The Morgan fingerprint density at radius 1 is 1.47 bits per heavy atom. The van der Waals surface area contributed by atoms with Gasteiger partial charge in [0.2, 0.25) is 0 Å². The molecule has 0 spiro atoms. The second-order valence-corrected chi connectivity index (χ2v) is 5.66. The predicted octanol–water partition coefficient (Wildman–Crippen LogP) is 0.831. The van der Waals surface area contributed by atoms with Crippen LogP contribution in [0.3, 0.4) is 0 Å². The first-order valence-electron chi connectivity index (χ1n) is 6.25. The van der Waals surface area contributed by atoms with E-state index in [-0.39, 0.29) is 12.1 Å². The third kappa shape index (κ3) is 2.71. The standard InChI is InChI=1S/C12H24N2O/c1-10(2)7-13-12(9-15)5-6-14(8-12)11-3-4-11/h10-11,13,15H,3-9H2,1-2H3. The molecular formula is C12H24N2O. The number of hydrogen-bond donors (Lipinski definition) is 2. The fourth-order valence-electron chi connectivity index (χ4n) is 2.41. The fraction of sp³-hybridized carbons (Fsp3) is 1.00. The van der Waals surface area contributed by atoms with E-state index in [0.717, 1.165) is 32.1 Å². The first-order chi connectivity index (χ1) is 7.15. The van der Waals surface area contributed by atoms with Crippen molar-refractivity contribution in [2.24, 2.45) is 5.92 Å². The van der Waals surface area contributed by atoms with Crippen LogP contribution in [0.1, 0.15) is 33.1 Å². The van der Waals surface area contributed by atoms with Crippen molar-refractivity contribution in [2.45, 2.75) is 44.7 Å². The zero-order valence-electron chi connectivity index (χ0n) is 10.00. The summed E-state index contributed by atoms with van der Waals surface area (Å²) in [4.78, 5) is 2.55. The second kappa shape index (κ2) is 4.40. The highest BCUT2D eigenvalue weighted by Gasteiger charge is 2.42. The normalized spacial score (nSPS) is 32.8. The van der Waals surface area contributed by atoms with Gasteiger partial charge >= 0.3 is 0 Å². The summed E-state index contributed by atoms with van der Waals surface area (Å²) in [5, 5.41) is 13.1. The summed E-state index contributed by atoms with van der Waals surface area (Å²) in [6.07, 6.45) is 3.84. The summed E-state index contributed by atoms with van der Waals surface area (Å²) in [5.74, 6) is 0.656. The van der Waals surface area contributed by atoms with Crippen LogP contribution in [-0.4, -0.2) is 47.8 Å². The third-order valence-corrected chi connectivity index (χ3v) is 3.63. The van der Waals surface area contributed by atoms with Crippen molar-refractivity contribution in [3.05, 3.63) is 0 Å². The number of rotatable bonds is 5. The monoisotopic (exact) mass is 212 g/mol. The van der Waals surface area contributed by atoms with Crippen molar-refractivity contribution >= 4 is 0 Å². The topological polar surface area (TPSA) is 35.5 Å². The van der Waals surface area contributed by atoms with Gasteiger partial charge in [0, 0.05) is 19.1 Å². The highest BCUT2D eigenvalue weighted by molar-refractivity contribution is 5.01. The lowest BCUT2D eigenvalue weighted by Crippen LogP contribution is -2.52. The molecule has 1 atom stereocenters. The second-order valence-electron chi connectivity index (χ2n) is 5.66. The van der Waals surface area contributed by atoms with Crippen LogP contribution in [0.15, 0.2) is 0 Å². The Labute approximate surface area is 92.8 Å². The minimum atomic E-state index is -0.00708. The van der Waals surface area contributed by atoms with Crippen LogP contribution in [0.25, 0.3) is 0 Å². The largest absolute Gasteiger partial charge is 0.394 e. The van der Waals surface area contributed by atoms with Crippen LogP contribution >= 0.6 is 0 Å². The molecule has 2 rings (SSSR count). The van der Waals surface area contributed by atoms with E-state index in [9.17, 15) is 5.11 Å². The van der Waals surface area contributed by atoms with Crippen molar-refractivity contribution in [2.75, 3.05) is 26.2 Å². The van der Waals surface area contributed by atoms with Crippen LogP contribution < -0.4 is 5.32 Å². The molecule has 0 aromatic rings. The zero-order valence-corrected chi connectivity index (χ0v) is 10.00. The van der Waals surface area contributed by atoms with E-state index in [2.05, 4.69) is 24.1 Å². The Balaban J connectivity index is 1.85. The SMILES string of the molecule is CC(C)CNC1(CO)CCN(C2CC2)C1. The average molecular weight is 212 g/mol. The lowest BCUT2D eigenvalue weighted by atomic mass is 9.99. The molecule has 3 heteroatoms. The number of hydrogen-bond acceptors (Lipinski definition) is 3. The van der Waals surface area contributed by atoms with Gasteiger partial charge < -0.3 is 10.4 Å². The number of nitrogens with zero attached hydrogens (tertiary/aromatic N) is 1. The van der Waals surface area contributed by atoms with Gasteiger partial charge in [-0.3, -0.25) is 4.90 Å². The highest BCUT2D eigenvalue weighted by atomic mass is 16.3. The first kappa shape index (κ1) is 11.4. The third-order valence-electron chi connectivity index (χ3n) is 3.63. The molecule has 1 aliphatic carbocycles. The number of aliphatic hydroxyl groups excluding tert-OH is 1. The molecule has 15 heavy (non-hydrogen) atoms. The summed E-state index contributed by atoms with van der Waals surface area (Å²) in [7, 11) is 0. The molecule has 0 amide bonds. The van der Waals surface area contributed by atoms with Crippen molar-refractivity contribution in [3.8, 4) is 0 Å². The van der Waals surface area contributed by atoms with Gasteiger partial charge in [-0.2, -0.15) is 0 Å². The van der Waals surface area contributed by atoms with Gasteiger partial charge in [0.05, 0.1) is 12.1 Å². The lowest BCUT2D eigenvalue weighted by Gasteiger charge is -2.29. The smallest absolute Gasteiger partial charge is 0.0626 e. The number of likely N-dealkylation sites (tertiary alicyclic amines) is 1. The minimum absolute atomic E-state index is 0.00708. The van der Waals surface area contributed by atoms with Crippen molar-refractivity contribution in [1.29, 1.82) is 0 Å². The molecule has 0 aromatic carbocycles. The van der Waals surface area contributed by atoms with Crippen LogP contribution in [-0.2, 0) is 0 Å². The zero-order chi connectivity index (χ0) is 10.9. The van der Waals surface area contributed by atoms with Gasteiger partial charge in [-0.05, 0) is 31.7 Å². The maximum atomic E-state index is 9.56. The Hall–Kier alpha value is -0.120. The molecule has 1 unspecified atom stereocenters. The Morgan fingerprint density at radius 3 is 2.73 bits per heavy atom. The van der Waals surface area contributed by atoms with Gasteiger partial charge in [-0.25, -0.2) is 0 Å². The molecule has 1 saturated carbocycles. The minimum Gasteiger partial charge on any atom is -0.394 e. The molecule has 0 aromatic heterocycles. The van der Waals surface area contributed by atoms with E-state index in [1.807, 2.05) is 0 Å². The van der Waals surface area contributed by atoms with Crippen LogP contribution in [0.4, 0.5) is 0 Å². The van der Waals surface area contributed by atoms with E-state index in [1.165, 1.54) is 12.8 Å². The quantitative estimate of drug-likeness (QED) is 0.708. The molecule has 0 bridgehead atoms. The first-order valence-corrected chi connectivity index (χ1v) is 6.25. The number of nitrogens with one attached hydrogen (secondary N) is 1. The molecule has 1 saturated heterocycles. The average Bonchev–Trinajstić information content (AvgIpc) is 2.97. The number of aliphatic hydroxyl groups is 1. The van der Waals surface area contributed by atoms with Gasteiger partial charge in [-0.1, -0.05) is 13.8 Å². The van der Waals surface area contributed by atoms with Crippen molar-refractivity contribution in [3.63, 3.8) is 0 Å². The summed E-state index contributed by atoms with van der Waals surface area (Å²) < 4.78 is 0. The van der Waals surface area contributed by atoms with Crippen LogP contribution in [0, 0.1) is 5.92 Å². The van der Waals surface area contributed by atoms with E-state index in [1.54, 1.807) is 0 Å². The molecule has 2 N–H and O–H groups in total. The van der Waals surface area contributed by atoms with E-state index >= 15 is 0 Å². The molecule has 3 nitrogen and oxygen atoms in total. The van der Waals surface area contributed by atoms with Gasteiger partial charge in [0.25, 0.3) is 0 Å². The Bertz CT molecular complexity index is 216. The maximum Gasteiger partial charge on any atom is 0.0626 e.